The molecule has 0 aliphatic carbocycles. The Kier molecular flexibility index (Phi) is 7.52. The normalized spacial score (nSPS) is 17.0. The minimum atomic E-state index is -7.93. The van der Waals surface area contributed by atoms with Crippen LogP contribution in [0.2, 0.25) is 0 Å². The highest BCUT2D eigenvalue weighted by molar-refractivity contribution is 5.37. The van der Waals surface area contributed by atoms with E-state index in [1.165, 1.54) is 18.2 Å². The van der Waals surface area contributed by atoms with Crippen molar-refractivity contribution in [2.24, 2.45) is 0 Å². The molecule has 0 amide bonds. The zero-order chi connectivity index (χ0) is 27.4. The van der Waals surface area contributed by atoms with E-state index in [1.807, 2.05) is 0 Å². The molecule has 14 heteroatoms. The summed E-state index contributed by atoms with van der Waals surface area (Å²) in [6, 6.07) is 5.12. The molecule has 0 heterocycles. The van der Waals surface area contributed by atoms with E-state index in [4.69, 9.17) is 4.74 Å². The summed E-state index contributed by atoms with van der Waals surface area (Å²) in [5.74, 6) is -37.1. The van der Waals surface area contributed by atoms with Crippen LogP contribution in [0.3, 0.4) is 0 Å². The quantitative estimate of drug-likeness (QED) is 0.314. The van der Waals surface area contributed by atoms with Crippen LogP contribution in [0.1, 0.15) is 45.2 Å². The second-order valence-corrected chi connectivity index (χ2v) is 8.91. The third-order valence-corrected chi connectivity index (χ3v) is 5.31. The first-order valence-electron chi connectivity index (χ1n) is 9.35. The van der Waals surface area contributed by atoms with Crippen molar-refractivity contribution in [3.63, 3.8) is 0 Å². The van der Waals surface area contributed by atoms with E-state index in [0.717, 1.165) is 13.0 Å². The first-order valence-corrected chi connectivity index (χ1v) is 9.35. The number of benzene rings is 1. The second-order valence-electron chi connectivity index (χ2n) is 8.91. The molecular formula is C20H21F13O. The van der Waals surface area contributed by atoms with E-state index in [0.29, 0.717) is 7.11 Å². The molecule has 0 radical (unpaired) electrons. The fourth-order valence-electron chi connectivity index (χ4n) is 3.21. The fourth-order valence-corrected chi connectivity index (χ4v) is 3.21. The molecule has 1 rings (SSSR count). The van der Waals surface area contributed by atoms with Crippen LogP contribution in [0, 0.1) is 0 Å². The zero-order valence-corrected chi connectivity index (χ0v) is 18.3. The fraction of sp³-hybridized carbons (Fsp3) is 0.700. The van der Waals surface area contributed by atoms with Gasteiger partial charge in [-0.1, -0.05) is 45.0 Å². The maximum absolute atomic E-state index is 14.5. The van der Waals surface area contributed by atoms with Crippen LogP contribution in [-0.2, 0) is 15.8 Å². The van der Waals surface area contributed by atoms with Crippen LogP contribution in [0.4, 0.5) is 57.1 Å². The summed E-state index contributed by atoms with van der Waals surface area (Å²) in [4.78, 5) is 0. The van der Waals surface area contributed by atoms with Crippen LogP contribution in [0.25, 0.3) is 0 Å². The molecule has 0 saturated carbocycles. The largest absolute Gasteiger partial charge is 0.460 e. The molecule has 0 aliphatic heterocycles. The van der Waals surface area contributed by atoms with Gasteiger partial charge in [0, 0.05) is 7.11 Å². The Morgan fingerprint density at radius 1 is 0.588 bits per heavy atom. The second kappa shape index (κ2) is 8.44. The Hall–Kier alpha value is -1.73. The molecule has 0 bridgehead atoms. The van der Waals surface area contributed by atoms with E-state index in [9.17, 15) is 57.1 Å². The summed E-state index contributed by atoms with van der Waals surface area (Å²) in [7, 11) is 0.707. The van der Waals surface area contributed by atoms with Gasteiger partial charge in [-0.2, -0.15) is 57.1 Å². The maximum Gasteiger partial charge on any atom is 0.460 e. The Morgan fingerprint density at radius 2 is 0.971 bits per heavy atom. The highest BCUT2D eigenvalue weighted by Gasteiger charge is 2.90. The average Bonchev–Trinajstić information content (AvgIpc) is 2.65. The van der Waals surface area contributed by atoms with Crippen molar-refractivity contribution in [1.82, 2.24) is 0 Å². The molecule has 0 aromatic heterocycles. The summed E-state index contributed by atoms with van der Waals surface area (Å²) >= 11 is 0. The third kappa shape index (κ3) is 4.58. The van der Waals surface area contributed by atoms with Crippen molar-refractivity contribution in [2.45, 2.75) is 80.9 Å². The molecular weight excluding hydrogens is 503 g/mol. The molecule has 0 aliphatic rings. The number of halogens is 13. The lowest BCUT2D eigenvalue weighted by atomic mass is 9.76. The topological polar surface area (TPSA) is 9.23 Å². The number of hydrogen-bond acceptors (Lipinski definition) is 1. The molecule has 0 saturated heterocycles. The summed E-state index contributed by atoms with van der Waals surface area (Å²) in [6.45, 7) is 5.40. The van der Waals surface area contributed by atoms with Gasteiger partial charge in [0.05, 0.1) is 12.0 Å². The SMILES string of the molecule is COC(C)(CC(F)(F)C(F)(F)C(F)(F)C(F)(F)C(F)(F)C(F)(F)F)c1ccccc1C(C)(C)C. The van der Waals surface area contributed by atoms with Gasteiger partial charge in [0.25, 0.3) is 0 Å². The van der Waals surface area contributed by atoms with E-state index in [2.05, 4.69) is 0 Å². The summed E-state index contributed by atoms with van der Waals surface area (Å²) < 4.78 is 180. The number of rotatable bonds is 8. The monoisotopic (exact) mass is 524 g/mol. The molecule has 1 unspecified atom stereocenters. The van der Waals surface area contributed by atoms with Gasteiger partial charge in [-0.25, -0.2) is 0 Å². The molecule has 0 spiro atoms. The van der Waals surface area contributed by atoms with Gasteiger partial charge in [0.2, 0.25) is 0 Å². The third-order valence-electron chi connectivity index (χ3n) is 5.31. The van der Waals surface area contributed by atoms with Gasteiger partial charge in [-0.05, 0) is 23.5 Å². The van der Waals surface area contributed by atoms with Crippen LogP contribution in [0.15, 0.2) is 24.3 Å². The van der Waals surface area contributed by atoms with E-state index < -0.39 is 53.2 Å². The van der Waals surface area contributed by atoms with Crippen molar-refractivity contribution in [3.8, 4) is 0 Å². The van der Waals surface area contributed by atoms with Crippen LogP contribution in [0.5, 0.6) is 0 Å². The van der Waals surface area contributed by atoms with Crippen LogP contribution < -0.4 is 0 Å². The maximum atomic E-state index is 14.5. The lowest BCUT2D eigenvalue weighted by Gasteiger charge is -2.42. The smallest absolute Gasteiger partial charge is 0.374 e. The standard InChI is InChI=1S/C20H21F13O/c1-13(2,3)11-8-6-7-9-12(11)14(4,34-5)10-15(21,22)16(23,24)17(25,26)18(27,28)19(29,30)20(31,32)33/h6-9H,10H2,1-5H3. The van der Waals surface area contributed by atoms with Crippen molar-refractivity contribution >= 4 is 0 Å². The molecule has 1 nitrogen and oxygen atoms in total. The van der Waals surface area contributed by atoms with Gasteiger partial charge in [-0.15, -0.1) is 0 Å². The molecule has 34 heavy (non-hydrogen) atoms. The van der Waals surface area contributed by atoms with E-state index in [1.54, 1.807) is 20.8 Å². The van der Waals surface area contributed by atoms with E-state index >= 15 is 0 Å². The molecule has 1 aromatic rings. The van der Waals surface area contributed by atoms with Crippen molar-refractivity contribution in [3.05, 3.63) is 35.4 Å². The van der Waals surface area contributed by atoms with Crippen LogP contribution >= 0.6 is 0 Å². The van der Waals surface area contributed by atoms with Crippen molar-refractivity contribution < 1.29 is 61.8 Å². The van der Waals surface area contributed by atoms with Gasteiger partial charge in [0.15, 0.2) is 0 Å². The van der Waals surface area contributed by atoms with Crippen LogP contribution in [-0.4, -0.2) is 42.9 Å². The number of ether oxygens (including phenoxy) is 1. The molecule has 1 aromatic carbocycles. The first-order chi connectivity index (χ1) is 14.7. The van der Waals surface area contributed by atoms with Gasteiger partial charge < -0.3 is 4.74 Å². The highest BCUT2D eigenvalue weighted by Crippen LogP contribution is 2.61. The van der Waals surface area contributed by atoms with Gasteiger partial charge >= 0.3 is 35.8 Å². The highest BCUT2D eigenvalue weighted by atomic mass is 19.4. The molecule has 0 N–H and O–H groups in total. The number of methoxy groups -OCH3 is 1. The Bertz CT molecular complexity index is 868. The summed E-state index contributed by atoms with van der Waals surface area (Å²) in [5.41, 5.74) is -3.51. The first kappa shape index (κ1) is 30.3. The summed E-state index contributed by atoms with van der Waals surface area (Å²) in [6.07, 6.45) is -9.92. The van der Waals surface area contributed by atoms with Crippen molar-refractivity contribution in [1.29, 1.82) is 0 Å². The minimum absolute atomic E-state index is 0.194. The summed E-state index contributed by atoms with van der Waals surface area (Å²) in [5, 5.41) is 0. The lowest BCUT2D eigenvalue weighted by molar-refractivity contribution is -0.441. The predicted octanol–water partition coefficient (Wildman–Crippen LogP) is 7.97. The van der Waals surface area contributed by atoms with E-state index in [-0.39, 0.29) is 11.1 Å². The van der Waals surface area contributed by atoms with Gasteiger partial charge in [-0.3, -0.25) is 0 Å². The lowest BCUT2D eigenvalue weighted by Crippen LogP contribution is -2.70. The Labute approximate surface area is 186 Å². The molecule has 1 atom stereocenters. The minimum Gasteiger partial charge on any atom is -0.374 e. The predicted molar refractivity (Wildman–Crippen MR) is 94.9 cm³/mol. The molecule has 198 valence electrons. The Balaban J connectivity index is 3.65. The van der Waals surface area contributed by atoms with Gasteiger partial charge in [0.1, 0.15) is 0 Å². The number of alkyl halides is 13. The zero-order valence-electron chi connectivity index (χ0n) is 18.3. The molecule has 0 fully saturated rings. The van der Waals surface area contributed by atoms with Crippen molar-refractivity contribution in [2.75, 3.05) is 7.11 Å². The Morgan fingerprint density at radius 3 is 1.32 bits per heavy atom. The average molecular weight is 524 g/mol. The number of hydrogen-bond donors (Lipinski definition) is 0.